The van der Waals surface area contributed by atoms with Gasteiger partial charge in [0.1, 0.15) is 0 Å². The van der Waals surface area contributed by atoms with Crippen molar-refractivity contribution in [1.82, 2.24) is 5.32 Å². The van der Waals surface area contributed by atoms with Crippen molar-refractivity contribution in [2.24, 2.45) is 5.92 Å². The monoisotopic (exact) mass is 301 g/mol. The van der Waals surface area contributed by atoms with Gasteiger partial charge in [0.2, 0.25) is 0 Å². The highest BCUT2D eigenvalue weighted by atomic mass is 35.5. The zero-order valence-electron chi connectivity index (χ0n) is 12.4. The highest BCUT2D eigenvalue weighted by Gasteiger charge is 2.14. The first-order chi connectivity index (χ1) is 8.81. The van der Waals surface area contributed by atoms with Gasteiger partial charge in [0.05, 0.1) is 10.0 Å². The maximum absolute atomic E-state index is 6.08. The van der Waals surface area contributed by atoms with Gasteiger partial charge in [0.15, 0.2) is 0 Å². The van der Waals surface area contributed by atoms with Gasteiger partial charge >= 0.3 is 0 Å². The lowest BCUT2D eigenvalue weighted by Crippen LogP contribution is -2.39. The lowest BCUT2D eigenvalue weighted by molar-refractivity contribution is 0.355. The summed E-state index contributed by atoms with van der Waals surface area (Å²) in [7, 11) is 0. The molecule has 1 aromatic rings. The molecule has 0 amide bonds. The molecule has 0 saturated heterocycles. The highest BCUT2D eigenvalue weighted by molar-refractivity contribution is 6.42. The minimum absolute atomic E-state index is 0.170. The van der Waals surface area contributed by atoms with Gasteiger partial charge in [0, 0.05) is 5.54 Å². The Balaban J connectivity index is 2.64. The molecule has 19 heavy (non-hydrogen) atoms. The average Bonchev–Trinajstić information content (AvgIpc) is 2.30. The van der Waals surface area contributed by atoms with Gasteiger partial charge in [-0.25, -0.2) is 0 Å². The van der Waals surface area contributed by atoms with E-state index in [2.05, 4.69) is 39.1 Å². The third kappa shape index (κ3) is 6.65. The fourth-order valence-electron chi connectivity index (χ4n) is 2.14. The number of rotatable bonds is 6. The smallest absolute Gasteiger partial charge is 0.0595 e. The minimum atomic E-state index is 0.170. The second kappa shape index (κ2) is 7.52. The molecule has 0 saturated carbocycles. The molecule has 1 nitrogen and oxygen atoms in total. The normalized spacial score (nSPS) is 13.6. The quantitative estimate of drug-likeness (QED) is 0.748. The molecule has 0 aliphatic carbocycles. The number of hydrogen-bond acceptors (Lipinski definition) is 1. The van der Waals surface area contributed by atoms with Gasteiger partial charge < -0.3 is 5.32 Å². The predicted molar refractivity (Wildman–Crippen MR) is 86.3 cm³/mol. The van der Waals surface area contributed by atoms with Crippen LogP contribution in [0.4, 0.5) is 0 Å². The molecule has 0 bridgehead atoms. The van der Waals surface area contributed by atoms with E-state index in [0.717, 1.165) is 13.0 Å². The van der Waals surface area contributed by atoms with Crippen molar-refractivity contribution in [2.75, 3.05) is 6.54 Å². The number of benzene rings is 1. The lowest BCUT2D eigenvalue weighted by atomic mass is 9.94. The third-order valence-corrected chi connectivity index (χ3v) is 3.87. The van der Waals surface area contributed by atoms with E-state index < -0.39 is 0 Å². The van der Waals surface area contributed by atoms with Crippen LogP contribution in [0.15, 0.2) is 18.2 Å². The van der Waals surface area contributed by atoms with Gasteiger partial charge in [-0.1, -0.05) is 42.6 Å². The number of hydrogen-bond donors (Lipinski definition) is 1. The van der Waals surface area contributed by atoms with Crippen LogP contribution in [-0.2, 0) is 6.42 Å². The molecule has 0 radical (unpaired) electrons. The van der Waals surface area contributed by atoms with Crippen molar-refractivity contribution in [3.63, 3.8) is 0 Å². The molecule has 1 N–H and O–H groups in total. The van der Waals surface area contributed by atoms with E-state index in [4.69, 9.17) is 23.2 Å². The summed E-state index contributed by atoms with van der Waals surface area (Å²) in [5, 5.41) is 4.87. The summed E-state index contributed by atoms with van der Waals surface area (Å²) < 4.78 is 0. The molecule has 0 aromatic heterocycles. The molecular formula is C16H25Cl2N. The summed E-state index contributed by atoms with van der Waals surface area (Å²) in [4.78, 5) is 0. The summed E-state index contributed by atoms with van der Waals surface area (Å²) in [5.41, 5.74) is 1.44. The van der Waals surface area contributed by atoms with Crippen molar-refractivity contribution >= 4 is 23.2 Å². The molecule has 1 unspecified atom stereocenters. The molecule has 3 heteroatoms. The first-order valence-corrected chi connectivity index (χ1v) is 7.76. The number of halogens is 2. The molecule has 0 fully saturated rings. The Labute approximate surface area is 127 Å². The van der Waals surface area contributed by atoms with Crippen LogP contribution in [0, 0.1) is 5.92 Å². The van der Waals surface area contributed by atoms with Crippen LogP contribution in [-0.4, -0.2) is 12.1 Å². The van der Waals surface area contributed by atoms with Crippen LogP contribution >= 0.6 is 23.2 Å². The van der Waals surface area contributed by atoms with E-state index in [9.17, 15) is 0 Å². The van der Waals surface area contributed by atoms with E-state index in [1.807, 2.05) is 12.1 Å². The second-order valence-corrected chi connectivity index (χ2v) is 7.05. The molecule has 1 atom stereocenters. The first kappa shape index (κ1) is 16.8. The first-order valence-electron chi connectivity index (χ1n) is 7.00. The summed E-state index contributed by atoms with van der Waals surface area (Å²) in [5.74, 6) is 0.640. The summed E-state index contributed by atoms with van der Waals surface area (Å²) in [6.45, 7) is 9.88. The van der Waals surface area contributed by atoms with E-state index >= 15 is 0 Å². The Hall–Kier alpha value is -0.240. The fourth-order valence-corrected chi connectivity index (χ4v) is 2.46. The van der Waals surface area contributed by atoms with Crippen LogP contribution in [0.3, 0.4) is 0 Å². The van der Waals surface area contributed by atoms with E-state index in [1.54, 1.807) is 0 Å². The maximum Gasteiger partial charge on any atom is 0.0595 e. The Morgan fingerprint density at radius 3 is 2.37 bits per heavy atom. The van der Waals surface area contributed by atoms with Crippen molar-refractivity contribution < 1.29 is 0 Å². The molecule has 0 spiro atoms. The summed E-state index contributed by atoms with van der Waals surface area (Å²) in [6.07, 6.45) is 3.48. The van der Waals surface area contributed by atoms with E-state index in [1.165, 1.54) is 18.4 Å². The molecule has 1 aromatic carbocycles. The van der Waals surface area contributed by atoms with Crippen molar-refractivity contribution in [1.29, 1.82) is 0 Å². The highest BCUT2D eigenvalue weighted by Crippen LogP contribution is 2.24. The zero-order valence-corrected chi connectivity index (χ0v) is 13.9. The predicted octanol–water partition coefficient (Wildman–Crippen LogP) is 5.34. The molecule has 1 rings (SSSR count). The van der Waals surface area contributed by atoms with Crippen LogP contribution in [0.5, 0.6) is 0 Å². The van der Waals surface area contributed by atoms with E-state index in [0.29, 0.717) is 16.0 Å². The summed E-state index contributed by atoms with van der Waals surface area (Å²) in [6, 6.07) is 5.96. The van der Waals surface area contributed by atoms with Crippen LogP contribution in [0.1, 0.15) is 46.1 Å². The van der Waals surface area contributed by atoms with Crippen LogP contribution in [0.2, 0.25) is 10.0 Å². The lowest BCUT2D eigenvalue weighted by Gasteiger charge is -2.25. The molecule has 108 valence electrons. The van der Waals surface area contributed by atoms with Crippen molar-refractivity contribution in [3.05, 3.63) is 33.8 Å². The average molecular weight is 302 g/mol. The van der Waals surface area contributed by atoms with Crippen molar-refractivity contribution in [2.45, 2.75) is 52.5 Å². The maximum atomic E-state index is 6.08. The Morgan fingerprint density at radius 1 is 1.16 bits per heavy atom. The third-order valence-electron chi connectivity index (χ3n) is 3.13. The second-order valence-electron chi connectivity index (χ2n) is 6.24. The topological polar surface area (TPSA) is 12.0 Å². The standard InChI is InChI=1S/C16H25Cl2N/c1-5-6-13(11-19-16(2,3)4)9-12-7-8-14(17)15(18)10-12/h7-8,10,13,19H,5-6,9,11H2,1-4H3. The molecular weight excluding hydrogens is 277 g/mol. The van der Waals surface area contributed by atoms with E-state index in [-0.39, 0.29) is 5.54 Å². The molecule has 0 heterocycles. The molecule has 0 aliphatic rings. The summed E-state index contributed by atoms with van der Waals surface area (Å²) >= 11 is 12.0. The largest absolute Gasteiger partial charge is 0.312 e. The zero-order chi connectivity index (χ0) is 14.5. The van der Waals surface area contributed by atoms with Crippen LogP contribution in [0.25, 0.3) is 0 Å². The minimum Gasteiger partial charge on any atom is -0.312 e. The SMILES string of the molecule is CCCC(CNC(C)(C)C)Cc1ccc(Cl)c(Cl)c1. The van der Waals surface area contributed by atoms with Crippen molar-refractivity contribution in [3.8, 4) is 0 Å². The van der Waals surface area contributed by atoms with Gasteiger partial charge in [-0.3, -0.25) is 0 Å². The Morgan fingerprint density at radius 2 is 1.84 bits per heavy atom. The Bertz CT molecular complexity index is 396. The Kier molecular flexibility index (Phi) is 6.65. The number of nitrogens with one attached hydrogen (secondary N) is 1. The fraction of sp³-hybridized carbons (Fsp3) is 0.625. The molecule has 0 aliphatic heterocycles. The van der Waals surface area contributed by atoms with Crippen LogP contribution < -0.4 is 5.32 Å². The van der Waals surface area contributed by atoms with Gasteiger partial charge in [-0.2, -0.15) is 0 Å². The van der Waals surface area contributed by atoms with Gasteiger partial charge in [0.25, 0.3) is 0 Å². The van der Waals surface area contributed by atoms with Gasteiger partial charge in [-0.15, -0.1) is 0 Å². The van der Waals surface area contributed by atoms with Gasteiger partial charge in [-0.05, 0) is 63.8 Å².